The zero-order valence-electron chi connectivity index (χ0n) is 17.0. The highest BCUT2D eigenvalue weighted by atomic mass is 35.5. The third-order valence-electron chi connectivity index (χ3n) is 5.21. The highest BCUT2D eigenvalue weighted by molar-refractivity contribution is 7.89. The van der Waals surface area contributed by atoms with E-state index >= 15 is 0 Å². The molecule has 7 nitrogen and oxygen atoms in total. The number of likely N-dealkylation sites (tertiary alicyclic amines) is 1. The topological polar surface area (TPSA) is 102 Å². The lowest BCUT2D eigenvalue weighted by atomic mass is 9.98. The van der Waals surface area contributed by atoms with Crippen LogP contribution in [0.3, 0.4) is 0 Å². The lowest BCUT2D eigenvalue weighted by Crippen LogP contribution is -2.71. The Balaban J connectivity index is 1.94. The number of nitrogens with two attached hydrogens (primary N) is 1. The number of para-hydroxylation sites is 1. The van der Waals surface area contributed by atoms with Gasteiger partial charge in [0.1, 0.15) is 5.75 Å². The zero-order valence-corrected chi connectivity index (χ0v) is 19.3. The minimum absolute atomic E-state index is 0.0495. The molecule has 1 amide bonds. The summed E-state index contributed by atoms with van der Waals surface area (Å²) in [5.74, 6) is -0.0210. The largest absolute Gasteiger partial charge is 0.469 e. The van der Waals surface area contributed by atoms with Crippen LogP contribution in [-0.4, -0.2) is 43.5 Å². The minimum atomic E-state index is -4.18. The number of carbonyl (C=O) groups is 1. The lowest BCUT2D eigenvalue weighted by Gasteiger charge is -2.39. The maximum absolute atomic E-state index is 13.4. The summed E-state index contributed by atoms with van der Waals surface area (Å²) in [7, 11) is -4.18. The number of nitrogens with one attached hydrogen (secondary N) is 1. The van der Waals surface area contributed by atoms with Gasteiger partial charge in [-0.3, -0.25) is 4.79 Å². The molecule has 2 aromatic carbocycles. The number of hydrogen-bond acceptors (Lipinski definition) is 5. The molecule has 1 heterocycles. The molecule has 2 aromatic rings. The predicted octanol–water partition coefficient (Wildman–Crippen LogP) is 3.18. The monoisotopic (exact) mass is 485 g/mol. The number of sulfonamides is 1. The zero-order chi connectivity index (χ0) is 22.6. The second-order valence-corrected chi connectivity index (χ2v) is 10.1. The molecule has 3 rings (SSSR count). The average molecular weight is 486 g/mol. The summed E-state index contributed by atoms with van der Waals surface area (Å²) >= 11 is 12.6. The van der Waals surface area contributed by atoms with Crippen LogP contribution in [0.25, 0.3) is 0 Å². The third-order valence-corrected chi connectivity index (χ3v) is 7.45. The normalized spacial score (nSPS) is 18.3. The van der Waals surface area contributed by atoms with Crippen molar-refractivity contribution in [1.29, 1.82) is 0 Å². The molecule has 1 aliphatic heterocycles. The quantitative estimate of drug-likeness (QED) is 0.463. The molecule has 0 aliphatic carbocycles. The van der Waals surface area contributed by atoms with Gasteiger partial charge in [0.25, 0.3) is 5.91 Å². The van der Waals surface area contributed by atoms with Crippen molar-refractivity contribution in [1.82, 2.24) is 9.62 Å². The van der Waals surface area contributed by atoms with Gasteiger partial charge in [0.15, 0.2) is 0 Å². The molecule has 0 aromatic heterocycles. The van der Waals surface area contributed by atoms with Gasteiger partial charge in [0.2, 0.25) is 21.2 Å². The molecule has 0 spiro atoms. The van der Waals surface area contributed by atoms with E-state index in [0.717, 1.165) is 12.8 Å². The number of rotatable bonds is 7. The van der Waals surface area contributed by atoms with E-state index in [0.29, 0.717) is 19.0 Å². The number of benzene rings is 2. The molecule has 1 aliphatic rings. The van der Waals surface area contributed by atoms with Crippen molar-refractivity contribution in [2.75, 3.05) is 13.1 Å². The van der Waals surface area contributed by atoms with E-state index in [4.69, 9.17) is 33.7 Å². The first-order valence-corrected chi connectivity index (χ1v) is 12.2. The fourth-order valence-corrected chi connectivity index (χ4v) is 5.05. The average Bonchev–Trinajstić information content (AvgIpc) is 2.75. The van der Waals surface area contributed by atoms with E-state index < -0.39 is 27.2 Å². The van der Waals surface area contributed by atoms with Crippen LogP contribution in [0.1, 0.15) is 19.8 Å². The molecule has 168 valence electrons. The number of alkyl halides is 1. The third kappa shape index (κ3) is 5.51. The van der Waals surface area contributed by atoms with Crippen LogP contribution in [0.15, 0.2) is 59.5 Å². The Hall–Kier alpha value is -1.84. The van der Waals surface area contributed by atoms with Gasteiger partial charge >= 0.3 is 0 Å². The predicted molar refractivity (Wildman–Crippen MR) is 120 cm³/mol. The summed E-state index contributed by atoms with van der Waals surface area (Å²) in [5, 5.41) is 0.251. The van der Waals surface area contributed by atoms with Crippen molar-refractivity contribution in [3.8, 4) is 5.75 Å². The fourth-order valence-electron chi connectivity index (χ4n) is 3.29. The van der Waals surface area contributed by atoms with E-state index in [1.165, 1.54) is 17.0 Å². The maximum atomic E-state index is 13.4. The molecule has 1 fully saturated rings. The van der Waals surface area contributed by atoms with Crippen molar-refractivity contribution in [3.63, 3.8) is 0 Å². The molecule has 0 bridgehead atoms. The summed E-state index contributed by atoms with van der Waals surface area (Å²) < 4.78 is 34.0. The van der Waals surface area contributed by atoms with Crippen molar-refractivity contribution in [2.45, 2.75) is 35.9 Å². The first-order chi connectivity index (χ1) is 14.6. The number of hydrogen-bond donors (Lipinski definition) is 2. The molecule has 31 heavy (non-hydrogen) atoms. The summed E-state index contributed by atoms with van der Waals surface area (Å²) in [5.41, 5.74) is 2.55. The van der Waals surface area contributed by atoms with Crippen LogP contribution in [0, 0.1) is 5.92 Å². The number of carbonyl (C=O) groups excluding carboxylic acids is 1. The van der Waals surface area contributed by atoms with Gasteiger partial charge in [-0.1, -0.05) is 60.5 Å². The first-order valence-electron chi connectivity index (χ1n) is 9.86. The van der Waals surface area contributed by atoms with Gasteiger partial charge in [-0.25, -0.2) is 8.42 Å². The second-order valence-electron chi connectivity index (χ2n) is 7.63. The summed E-state index contributed by atoms with van der Waals surface area (Å²) in [6.45, 7) is 2.99. The Labute approximate surface area is 192 Å². The molecule has 1 saturated heterocycles. The van der Waals surface area contributed by atoms with Crippen molar-refractivity contribution >= 4 is 39.1 Å². The molecule has 10 heteroatoms. The first kappa shape index (κ1) is 23.8. The van der Waals surface area contributed by atoms with Gasteiger partial charge in [0.05, 0.1) is 9.92 Å². The highest BCUT2D eigenvalue weighted by Gasteiger charge is 2.49. The highest BCUT2D eigenvalue weighted by Crippen LogP contribution is 2.29. The van der Waals surface area contributed by atoms with E-state index in [9.17, 15) is 13.2 Å². The number of halogens is 2. The SMILES string of the molecule is CC1CCN(C(=O)C(N)(NS(=O)(=O)c2ccccc2)C(Cl)Oc2ccccc2Cl)CC1. The number of ether oxygens (including phenoxy) is 1. The molecular weight excluding hydrogens is 461 g/mol. The fraction of sp³-hybridized carbons (Fsp3) is 0.381. The minimum Gasteiger partial charge on any atom is -0.469 e. The van der Waals surface area contributed by atoms with E-state index in [1.807, 2.05) is 0 Å². The van der Waals surface area contributed by atoms with Crippen molar-refractivity contribution in [3.05, 3.63) is 59.6 Å². The smallest absolute Gasteiger partial charge is 0.263 e. The van der Waals surface area contributed by atoms with Gasteiger partial charge in [-0.2, -0.15) is 4.72 Å². The van der Waals surface area contributed by atoms with E-state index in [2.05, 4.69) is 11.6 Å². The van der Waals surface area contributed by atoms with E-state index in [-0.39, 0.29) is 15.7 Å². The molecule has 3 N–H and O–H groups in total. The number of amides is 1. The molecular formula is C21H25Cl2N3O4S. The van der Waals surface area contributed by atoms with Crippen molar-refractivity contribution < 1.29 is 17.9 Å². The Morgan fingerprint density at radius 1 is 1.16 bits per heavy atom. The summed E-state index contributed by atoms with van der Waals surface area (Å²) in [6, 6.07) is 14.1. The van der Waals surface area contributed by atoms with Crippen LogP contribution in [0.2, 0.25) is 5.02 Å². The van der Waals surface area contributed by atoms with E-state index in [1.54, 1.807) is 42.5 Å². The second kappa shape index (κ2) is 9.75. The molecule has 0 saturated carbocycles. The molecule has 2 unspecified atom stereocenters. The van der Waals surface area contributed by atoms with Gasteiger partial charge in [-0.05, 0) is 43.0 Å². The lowest BCUT2D eigenvalue weighted by molar-refractivity contribution is -0.141. The van der Waals surface area contributed by atoms with Crippen molar-refractivity contribution in [2.24, 2.45) is 11.7 Å². The van der Waals surface area contributed by atoms with Crippen LogP contribution >= 0.6 is 23.2 Å². The molecule has 0 radical (unpaired) electrons. The van der Waals surface area contributed by atoms with Crippen LogP contribution in [0.5, 0.6) is 5.75 Å². The van der Waals surface area contributed by atoms with Gasteiger partial charge in [0, 0.05) is 13.1 Å². The van der Waals surface area contributed by atoms with Crippen LogP contribution < -0.4 is 15.2 Å². The summed E-state index contributed by atoms with van der Waals surface area (Å²) in [4.78, 5) is 14.9. The Morgan fingerprint density at radius 2 is 1.74 bits per heavy atom. The van der Waals surface area contributed by atoms with Crippen LogP contribution in [0.4, 0.5) is 0 Å². The Bertz CT molecular complexity index is 1010. The Morgan fingerprint density at radius 3 is 2.35 bits per heavy atom. The Kier molecular flexibility index (Phi) is 7.49. The maximum Gasteiger partial charge on any atom is 0.263 e. The number of piperidine rings is 1. The standard InChI is InChI=1S/C21H25Cl2N3O4S/c1-15-11-13-26(14-12-15)20(27)21(24,19(23)30-18-10-6-5-9-17(18)22)25-31(28,29)16-7-3-2-4-8-16/h2-10,15,19,25H,11-14,24H2,1H3. The van der Waals surface area contributed by atoms with Gasteiger partial charge < -0.3 is 15.4 Å². The summed E-state index contributed by atoms with van der Waals surface area (Å²) in [6.07, 6.45) is 1.57. The van der Waals surface area contributed by atoms with Gasteiger partial charge in [-0.15, -0.1) is 0 Å². The van der Waals surface area contributed by atoms with Crippen LogP contribution in [-0.2, 0) is 14.8 Å². The number of nitrogens with zero attached hydrogens (tertiary/aromatic N) is 1. The molecule has 2 atom stereocenters.